The summed E-state index contributed by atoms with van der Waals surface area (Å²) in [5.74, 6) is -0.471. The number of halogens is 1. The van der Waals surface area contributed by atoms with Crippen LogP contribution < -0.4 is 4.74 Å². The number of carbonyl (C=O) groups is 1. The molecule has 2 rings (SSSR count). The van der Waals surface area contributed by atoms with Gasteiger partial charge in [-0.3, -0.25) is 4.98 Å². The van der Waals surface area contributed by atoms with E-state index in [1.807, 2.05) is 0 Å². The van der Waals surface area contributed by atoms with Crippen LogP contribution in [0.3, 0.4) is 0 Å². The molecule has 9 heteroatoms. The predicted octanol–water partition coefficient (Wildman–Crippen LogP) is 1.17. The molecular weight excluding hydrogens is 288 g/mol. The molecule has 0 aromatic carbocycles. The lowest BCUT2D eigenvalue weighted by Crippen LogP contribution is -2.15. The van der Waals surface area contributed by atoms with E-state index in [1.165, 1.54) is 12.4 Å². The van der Waals surface area contributed by atoms with Gasteiger partial charge in [-0.2, -0.15) is 4.98 Å². The van der Waals surface area contributed by atoms with Crippen molar-refractivity contribution in [3.05, 3.63) is 23.5 Å². The van der Waals surface area contributed by atoms with Crippen LogP contribution in [-0.4, -0.2) is 44.3 Å². The van der Waals surface area contributed by atoms with Gasteiger partial charge in [0.05, 0.1) is 11.6 Å². The van der Waals surface area contributed by atoms with Crippen molar-refractivity contribution in [2.75, 3.05) is 13.2 Å². The second kappa shape index (κ2) is 6.20. The molecular formula is C11H11ClN4O4. The number of pyridine rings is 1. The molecule has 0 saturated heterocycles. The summed E-state index contributed by atoms with van der Waals surface area (Å²) in [5, 5.41) is 13.6. The van der Waals surface area contributed by atoms with E-state index in [4.69, 9.17) is 16.3 Å². The van der Waals surface area contributed by atoms with Gasteiger partial charge in [-0.05, 0) is 13.0 Å². The summed E-state index contributed by atoms with van der Waals surface area (Å²) in [6.07, 6.45) is 2.90. The molecule has 0 amide bonds. The highest BCUT2D eigenvalue weighted by atomic mass is 35.5. The Balaban J connectivity index is 2.14. The van der Waals surface area contributed by atoms with Crippen molar-refractivity contribution in [2.24, 2.45) is 0 Å². The Morgan fingerprint density at radius 2 is 2.35 bits per heavy atom. The first-order valence-corrected chi connectivity index (χ1v) is 6.04. The minimum atomic E-state index is -0.551. The highest BCUT2D eigenvalue weighted by molar-refractivity contribution is 6.33. The van der Waals surface area contributed by atoms with Crippen molar-refractivity contribution in [3.8, 4) is 17.4 Å². The third-order valence-electron chi connectivity index (χ3n) is 2.21. The summed E-state index contributed by atoms with van der Waals surface area (Å²) in [5.41, 5.74) is 0.433. The van der Waals surface area contributed by atoms with Crippen molar-refractivity contribution in [3.63, 3.8) is 0 Å². The minimum absolute atomic E-state index is 0.0799. The van der Waals surface area contributed by atoms with Crippen LogP contribution in [0.2, 0.25) is 5.02 Å². The Hall–Kier alpha value is -2.35. The van der Waals surface area contributed by atoms with Crippen molar-refractivity contribution in [2.45, 2.75) is 6.92 Å². The molecule has 0 radical (unpaired) electrons. The fraction of sp³-hybridized carbons (Fsp3) is 0.273. The van der Waals surface area contributed by atoms with Gasteiger partial charge in [0.25, 0.3) is 0 Å². The third-order valence-corrected chi connectivity index (χ3v) is 2.51. The average molecular weight is 299 g/mol. The maximum absolute atomic E-state index is 11.1. The molecule has 1 N–H and O–H groups in total. The second-order valence-electron chi connectivity index (χ2n) is 3.56. The first kappa shape index (κ1) is 14.1. The molecule has 0 bridgehead atoms. The molecule has 0 unspecified atom stereocenters. The van der Waals surface area contributed by atoms with Gasteiger partial charge in [-0.1, -0.05) is 21.5 Å². The Morgan fingerprint density at radius 1 is 1.55 bits per heavy atom. The van der Waals surface area contributed by atoms with Gasteiger partial charge in [0.1, 0.15) is 0 Å². The van der Waals surface area contributed by atoms with E-state index in [0.29, 0.717) is 15.4 Å². The highest BCUT2D eigenvalue weighted by Crippen LogP contribution is 2.25. The number of rotatable bonds is 5. The summed E-state index contributed by atoms with van der Waals surface area (Å²) in [6.45, 7) is 1.59. The molecule has 20 heavy (non-hydrogen) atoms. The fourth-order valence-electron chi connectivity index (χ4n) is 1.40. The van der Waals surface area contributed by atoms with E-state index in [-0.39, 0.29) is 25.0 Å². The van der Waals surface area contributed by atoms with Gasteiger partial charge in [-0.15, -0.1) is 0 Å². The lowest BCUT2D eigenvalue weighted by atomic mass is 10.2. The monoisotopic (exact) mass is 298 g/mol. The molecule has 8 nitrogen and oxygen atoms in total. The van der Waals surface area contributed by atoms with Crippen molar-refractivity contribution in [1.29, 1.82) is 0 Å². The molecule has 0 atom stereocenters. The van der Waals surface area contributed by atoms with E-state index < -0.39 is 5.97 Å². The minimum Gasteiger partial charge on any atom is -0.463 e. The fourth-order valence-corrected chi connectivity index (χ4v) is 1.60. The number of carbonyl (C=O) groups excluding carboxylic acids is 1. The van der Waals surface area contributed by atoms with E-state index in [0.717, 1.165) is 0 Å². The molecule has 106 valence electrons. The van der Waals surface area contributed by atoms with Gasteiger partial charge < -0.3 is 14.7 Å². The molecule has 2 heterocycles. The summed E-state index contributed by atoms with van der Waals surface area (Å²) < 4.78 is 9.69. The molecule has 0 saturated carbocycles. The van der Waals surface area contributed by atoms with E-state index in [1.54, 1.807) is 13.0 Å². The largest absolute Gasteiger partial charge is 0.463 e. The number of esters is 1. The zero-order valence-corrected chi connectivity index (χ0v) is 11.2. The predicted molar refractivity (Wildman–Crippen MR) is 67.6 cm³/mol. The lowest BCUT2D eigenvalue weighted by Gasteiger charge is -2.00. The van der Waals surface area contributed by atoms with Crippen LogP contribution in [0.25, 0.3) is 11.4 Å². The maximum Gasteiger partial charge on any atom is 0.344 e. The Kier molecular flexibility index (Phi) is 4.36. The summed E-state index contributed by atoms with van der Waals surface area (Å²) >= 11 is 5.94. The van der Waals surface area contributed by atoms with Crippen LogP contribution in [0.4, 0.5) is 0 Å². The first-order chi connectivity index (χ1) is 9.61. The van der Waals surface area contributed by atoms with Gasteiger partial charge in [0.2, 0.25) is 5.82 Å². The van der Waals surface area contributed by atoms with Crippen LogP contribution in [0.1, 0.15) is 6.92 Å². The first-order valence-electron chi connectivity index (χ1n) is 5.66. The SMILES string of the molecule is CCOC(=O)COc1nc(-c2ccncc2Cl)n(O)n1. The summed E-state index contributed by atoms with van der Waals surface area (Å²) in [7, 11) is 0. The lowest BCUT2D eigenvalue weighted by molar-refractivity contribution is -0.145. The van der Waals surface area contributed by atoms with Crippen LogP contribution in [0, 0.1) is 0 Å². The Labute approximate surface area is 118 Å². The molecule has 2 aromatic rings. The highest BCUT2D eigenvalue weighted by Gasteiger charge is 2.16. The second-order valence-corrected chi connectivity index (χ2v) is 3.96. The average Bonchev–Trinajstić information content (AvgIpc) is 2.79. The van der Waals surface area contributed by atoms with E-state index >= 15 is 0 Å². The number of hydrogen-bond donors (Lipinski definition) is 1. The number of ether oxygens (including phenoxy) is 2. The third kappa shape index (κ3) is 3.15. The standard InChI is InChI=1S/C11H11ClN4O4/c1-2-19-9(17)6-20-11-14-10(16(18)15-11)7-3-4-13-5-8(7)12/h3-5,18H,2,6H2,1H3. The summed E-state index contributed by atoms with van der Waals surface area (Å²) in [4.78, 5) is 19.4. The zero-order chi connectivity index (χ0) is 14.5. The quantitative estimate of drug-likeness (QED) is 0.653. The maximum atomic E-state index is 11.1. The van der Waals surface area contributed by atoms with Crippen molar-refractivity contribution in [1.82, 2.24) is 19.9 Å². The molecule has 0 aliphatic carbocycles. The van der Waals surface area contributed by atoms with E-state index in [9.17, 15) is 10.0 Å². The molecule has 0 spiro atoms. The van der Waals surface area contributed by atoms with Crippen LogP contribution in [0.15, 0.2) is 18.5 Å². The van der Waals surface area contributed by atoms with Crippen molar-refractivity contribution < 1.29 is 19.5 Å². The van der Waals surface area contributed by atoms with Gasteiger partial charge in [0, 0.05) is 18.0 Å². The number of aromatic nitrogens is 4. The van der Waals surface area contributed by atoms with Crippen LogP contribution in [-0.2, 0) is 9.53 Å². The Morgan fingerprint density at radius 3 is 3.05 bits per heavy atom. The number of nitrogens with zero attached hydrogens (tertiary/aromatic N) is 4. The topological polar surface area (TPSA) is 99.4 Å². The van der Waals surface area contributed by atoms with Crippen molar-refractivity contribution >= 4 is 17.6 Å². The van der Waals surface area contributed by atoms with Crippen LogP contribution >= 0.6 is 11.6 Å². The molecule has 0 aliphatic heterocycles. The molecule has 0 aliphatic rings. The van der Waals surface area contributed by atoms with E-state index in [2.05, 4.69) is 19.8 Å². The molecule has 2 aromatic heterocycles. The van der Waals surface area contributed by atoms with Crippen LogP contribution in [0.5, 0.6) is 6.01 Å². The smallest absolute Gasteiger partial charge is 0.344 e. The normalized spacial score (nSPS) is 10.3. The molecule has 0 fully saturated rings. The van der Waals surface area contributed by atoms with Gasteiger partial charge in [-0.25, -0.2) is 4.79 Å². The summed E-state index contributed by atoms with van der Waals surface area (Å²) in [6, 6.07) is 1.40. The zero-order valence-electron chi connectivity index (χ0n) is 10.5. The Bertz CT molecular complexity index is 616. The van der Waals surface area contributed by atoms with Gasteiger partial charge in [0.15, 0.2) is 6.61 Å². The van der Waals surface area contributed by atoms with Gasteiger partial charge >= 0.3 is 12.0 Å². The number of hydrogen-bond acceptors (Lipinski definition) is 7.